The molecule has 0 aromatic heterocycles. The third-order valence-corrected chi connectivity index (χ3v) is 4.34. The van der Waals surface area contributed by atoms with E-state index < -0.39 is 0 Å². The van der Waals surface area contributed by atoms with Crippen molar-refractivity contribution < 1.29 is 9.59 Å². The number of nitrogens with two attached hydrogens (primary N) is 1. The Morgan fingerprint density at radius 1 is 0.966 bits per heavy atom. The lowest BCUT2D eigenvalue weighted by Crippen LogP contribution is -2.37. The molecule has 7 nitrogen and oxygen atoms in total. The molecule has 0 saturated heterocycles. The summed E-state index contributed by atoms with van der Waals surface area (Å²) in [4.78, 5) is 24.6. The van der Waals surface area contributed by atoms with Crippen LogP contribution >= 0.6 is 12.2 Å². The first-order valence-corrected chi connectivity index (χ1v) is 9.70. The van der Waals surface area contributed by atoms with Crippen LogP contribution in [0.3, 0.4) is 0 Å². The van der Waals surface area contributed by atoms with Crippen LogP contribution in [0.1, 0.15) is 35.2 Å². The van der Waals surface area contributed by atoms with Gasteiger partial charge in [-0.15, -0.1) is 0 Å². The summed E-state index contributed by atoms with van der Waals surface area (Å²) in [6, 6.07) is 18.9. The van der Waals surface area contributed by atoms with Crippen molar-refractivity contribution in [1.82, 2.24) is 16.2 Å². The van der Waals surface area contributed by atoms with Crippen molar-refractivity contribution in [1.29, 1.82) is 0 Å². The van der Waals surface area contributed by atoms with Crippen molar-refractivity contribution in [2.24, 2.45) is 10.9 Å². The Bertz CT molecular complexity index is 841. The molecule has 0 spiro atoms. The number of amides is 1. The minimum atomic E-state index is -0.0969. The van der Waals surface area contributed by atoms with Gasteiger partial charge in [-0.2, -0.15) is 5.10 Å². The van der Waals surface area contributed by atoms with Crippen molar-refractivity contribution in [3.8, 4) is 0 Å². The highest BCUT2D eigenvalue weighted by Gasteiger charge is 2.12. The standard InChI is InChI=1S/C21H25N5O2S/c22-24-21(29)26-25-18(15-19(27)17-9-5-2-6-10-17)11-12-20(28)23-14-13-16-7-3-1-4-8-16/h1-10H,11-15,22H2,(H,23,28)(H2,24,26,29)/b25-18-. The first kappa shape index (κ1) is 22.2. The molecule has 0 heterocycles. The lowest BCUT2D eigenvalue weighted by molar-refractivity contribution is -0.120. The van der Waals surface area contributed by atoms with Gasteiger partial charge in [-0.3, -0.25) is 20.4 Å². The van der Waals surface area contributed by atoms with E-state index in [1.165, 1.54) is 0 Å². The third-order valence-electron chi connectivity index (χ3n) is 4.13. The maximum atomic E-state index is 12.5. The average Bonchev–Trinajstić information content (AvgIpc) is 2.76. The maximum absolute atomic E-state index is 12.5. The van der Waals surface area contributed by atoms with Crippen molar-refractivity contribution in [3.05, 3.63) is 71.8 Å². The molecule has 0 saturated carbocycles. The predicted molar refractivity (Wildman–Crippen MR) is 118 cm³/mol. The monoisotopic (exact) mass is 411 g/mol. The SMILES string of the molecule is NNC(=S)N/N=C(/CCC(=O)NCCc1ccccc1)CC(=O)c1ccccc1. The molecular weight excluding hydrogens is 386 g/mol. The molecule has 29 heavy (non-hydrogen) atoms. The van der Waals surface area contributed by atoms with Crippen LogP contribution in [-0.4, -0.2) is 29.1 Å². The Balaban J connectivity index is 1.86. The summed E-state index contributed by atoms with van der Waals surface area (Å²) in [5.74, 6) is 5.04. The molecule has 0 atom stereocenters. The van der Waals surface area contributed by atoms with Crippen molar-refractivity contribution >= 4 is 34.7 Å². The highest BCUT2D eigenvalue weighted by atomic mass is 32.1. The van der Waals surface area contributed by atoms with Crippen molar-refractivity contribution in [2.45, 2.75) is 25.7 Å². The molecule has 152 valence electrons. The fraction of sp³-hybridized carbons (Fsp3) is 0.238. The van der Waals surface area contributed by atoms with Crippen LogP contribution in [-0.2, 0) is 11.2 Å². The fourth-order valence-corrected chi connectivity index (χ4v) is 2.64. The number of thiocarbonyl (C=S) groups is 1. The zero-order valence-corrected chi connectivity index (χ0v) is 16.9. The van der Waals surface area contributed by atoms with Gasteiger partial charge in [-0.25, -0.2) is 5.84 Å². The lowest BCUT2D eigenvalue weighted by atomic mass is 10.0. The second-order valence-electron chi connectivity index (χ2n) is 6.31. The predicted octanol–water partition coefficient (Wildman–Crippen LogP) is 2.09. The number of benzene rings is 2. The number of rotatable bonds is 10. The van der Waals surface area contributed by atoms with Crippen LogP contribution in [0.5, 0.6) is 0 Å². The number of nitrogens with zero attached hydrogens (tertiary/aromatic N) is 1. The van der Waals surface area contributed by atoms with E-state index in [0.717, 1.165) is 12.0 Å². The molecule has 2 aromatic rings. The highest BCUT2D eigenvalue weighted by molar-refractivity contribution is 7.80. The third kappa shape index (κ3) is 8.63. The minimum absolute atomic E-state index is 0.0812. The summed E-state index contributed by atoms with van der Waals surface area (Å²) in [6.45, 7) is 0.553. The first-order valence-electron chi connectivity index (χ1n) is 9.29. The van der Waals surface area contributed by atoms with Crippen LogP contribution in [0.2, 0.25) is 0 Å². The Labute approximate surface area is 175 Å². The number of hydrazone groups is 1. The van der Waals surface area contributed by atoms with Gasteiger partial charge in [0.15, 0.2) is 5.78 Å². The van der Waals surface area contributed by atoms with Crippen LogP contribution in [0.25, 0.3) is 0 Å². The fourth-order valence-electron chi connectivity index (χ4n) is 2.59. The number of hydrazine groups is 1. The Morgan fingerprint density at radius 3 is 2.28 bits per heavy atom. The molecule has 0 fully saturated rings. The molecular formula is C21H25N5O2S. The molecule has 0 unspecified atom stereocenters. The number of ketones is 1. The van der Waals surface area contributed by atoms with Crippen molar-refractivity contribution in [3.63, 3.8) is 0 Å². The van der Waals surface area contributed by atoms with Gasteiger partial charge in [0.1, 0.15) is 0 Å². The van der Waals surface area contributed by atoms with E-state index in [2.05, 4.69) is 21.3 Å². The van der Waals surface area contributed by atoms with E-state index in [9.17, 15) is 9.59 Å². The smallest absolute Gasteiger partial charge is 0.220 e. The van der Waals surface area contributed by atoms with Gasteiger partial charge in [-0.05, 0) is 30.6 Å². The molecule has 5 N–H and O–H groups in total. The number of hydrogen-bond donors (Lipinski definition) is 4. The van der Waals surface area contributed by atoms with Crippen molar-refractivity contribution in [2.75, 3.05) is 6.54 Å². The quantitative estimate of drug-likeness (QED) is 0.157. The Kier molecular flexibility index (Phi) is 9.47. The largest absolute Gasteiger partial charge is 0.356 e. The zero-order valence-electron chi connectivity index (χ0n) is 16.1. The van der Waals surface area contributed by atoms with E-state index in [1.54, 1.807) is 24.3 Å². The van der Waals surface area contributed by atoms with E-state index in [4.69, 9.17) is 18.1 Å². The summed E-state index contributed by atoms with van der Waals surface area (Å²) in [6.07, 6.45) is 1.40. The van der Waals surface area contributed by atoms with Gasteiger partial charge in [0.2, 0.25) is 11.0 Å². The normalized spacial score (nSPS) is 10.9. The molecule has 1 amide bonds. The van der Waals surface area contributed by atoms with Gasteiger partial charge in [0.25, 0.3) is 0 Å². The van der Waals surface area contributed by atoms with E-state index >= 15 is 0 Å². The van der Waals surface area contributed by atoms with E-state index in [1.807, 2.05) is 36.4 Å². The maximum Gasteiger partial charge on any atom is 0.220 e. The molecule has 2 rings (SSSR count). The molecule has 0 bridgehead atoms. The van der Waals surface area contributed by atoms with Gasteiger partial charge in [0.05, 0.1) is 6.42 Å². The average molecular weight is 412 g/mol. The van der Waals surface area contributed by atoms with E-state index in [0.29, 0.717) is 24.2 Å². The van der Waals surface area contributed by atoms with Gasteiger partial charge >= 0.3 is 0 Å². The number of carbonyl (C=O) groups is 2. The molecule has 0 aliphatic rings. The molecule has 2 aromatic carbocycles. The first-order chi connectivity index (χ1) is 14.1. The number of nitrogens with one attached hydrogen (secondary N) is 3. The summed E-state index contributed by atoms with van der Waals surface area (Å²) < 4.78 is 0. The Morgan fingerprint density at radius 2 is 1.62 bits per heavy atom. The van der Waals surface area contributed by atoms with Crippen LogP contribution in [0, 0.1) is 0 Å². The second-order valence-corrected chi connectivity index (χ2v) is 6.72. The van der Waals surface area contributed by atoms with Gasteiger partial charge < -0.3 is 5.32 Å². The number of Topliss-reactive ketones (excluding diaryl/α,β-unsaturated/α-hetero) is 1. The highest BCUT2D eigenvalue weighted by Crippen LogP contribution is 2.07. The molecule has 0 aliphatic heterocycles. The minimum Gasteiger partial charge on any atom is -0.356 e. The Hall–Kier alpha value is -3.10. The van der Waals surface area contributed by atoms with Gasteiger partial charge in [0, 0.05) is 24.2 Å². The molecule has 8 heteroatoms. The lowest BCUT2D eigenvalue weighted by Gasteiger charge is -2.09. The summed E-state index contributed by atoms with van der Waals surface area (Å²) in [5, 5.41) is 7.16. The second kappa shape index (κ2) is 12.4. The summed E-state index contributed by atoms with van der Waals surface area (Å²) in [7, 11) is 0. The molecule has 0 radical (unpaired) electrons. The van der Waals surface area contributed by atoms with Crippen LogP contribution in [0.15, 0.2) is 65.8 Å². The zero-order chi connectivity index (χ0) is 20.9. The topological polar surface area (TPSA) is 109 Å². The van der Waals surface area contributed by atoms with Crippen LogP contribution < -0.4 is 22.0 Å². The summed E-state index contributed by atoms with van der Waals surface area (Å²) in [5.41, 5.74) is 7.11. The van der Waals surface area contributed by atoms with Crippen LogP contribution in [0.4, 0.5) is 0 Å². The number of hydrogen-bond acceptors (Lipinski definition) is 5. The summed E-state index contributed by atoms with van der Waals surface area (Å²) >= 11 is 4.90. The van der Waals surface area contributed by atoms with Gasteiger partial charge in [-0.1, -0.05) is 60.7 Å². The number of carbonyl (C=O) groups excluding carboxylic acids is 2. The van der Waals surface area contributed by atoms with E-state index in [-0.39, 0.29) is 29.6 Å². The molecule has 0 aliphatic carbocycles.